The van der Waals surface area contributed by atoms with Crippen LogP contribution in [0.4, 0.5) is 17.1 Å². The number of hydrogen-bond donors (Lipinski definition) is 3. The standard InChI is InChI=1S/3C24H26N4O2/c3*1-5-13-26-20-11-10-17-18(20)7-6-8-19(17)23-27-24(30-28-23)16-9-12-22(29-15(2)3)21(14-16)25-4/h3*6-9,12,14-15,20,26H,5,10-11,13H2,1-3H3/t3*20-/m000/s1/i10D2,11D2,13D2,15D,20D;5D2,10D2,11D2,15D,20D;10D2,11D2,15D,20D. The van der Waals surface area contributed by atoms with Crippen LogP contribution < -0.4 is 30.2 Å². The molecule has 3 aliphatic rings. The lowest BCUT2D eigenvalue weighted by Gasteiger charge is -2.13. The Hall–Kier alpha value is -9.51. The lowest BCUT2D eigenvalue weighted by atomic mass is 10.0. The molecule has 462 valence electrons. The first-order chi connectivity index (χ1) is 51.6. The molecule has 0 aliphatic heterocycles. The minimum Gasteiger partial charge on any atom is -0.502 e. The van der Waals surface area contributed by atoms with E-state index >= 15 is 0 Å². The van der Waals surface area contributed by atoms with Crippen molar-refractivity contribution < 1.29 is 57.9 Å². The number of aromatic nitrogens is 6. The van der Waals surface area contributed by atoms with E-state index in [0.717, 1.165) is 0 Å². The second-order valence-corrected chi connectivity index (χ2v) is 20.5. The minimum absolute atomic E-state index is 0.00391. The molecule has 0 radical (unpaired) electrons. The SMILES string of the molecule is [2H]C(C)(C)Oc1ccc(-c2nc(-c3cccc4c3C([2H])([2H])C([2H])([2H])[C@]4([2H])NCCC)no2)cc1[N+]#[C-].[2H]C([2H])(C)CN[C@]1([2H])c2cccc(-c3noc(-c4ccc(OC([2H])(C)C)c([N+]#[C-])c4)n3)c2C([2H])([2H])C1([2H])[2H].[2H]C([2H])(CC)N[C@]1([2H])c2cccc(-c3noc(-c4ccc(OC([2H])(C)C)c([N+]#[C-])c4)n3)c2C([2H])([2H])C1([2H])[2H]. The number of nitrogens with zero attached hydrogens (tertiary/aromatic N) is 9. The fourth-order valence-corrected chi connectivity index (χ4v) is 9.29. The quantitative estimate of drug-likeness (QED) is 0.0575. The molecule has 0 spiro atoms. The van der Waals surface area contributed by atoms with E-state index in [1.807, 2.05) is 6.92 Å². The monoisotopic (exact) mass is 1230 g/mol. The number of hydrogen-bond acceptors (Lipinski definition) is 15. The number of rotatable bonds is 21. The lowest BCUT2D eigenvalue weighted by Crippen LogP contribution is -2.19. The fraction of sp³-hybridized carbons (Fsp3) is 0.375. The van der Waals surface area contributed by atoms with E-state index < -0.39 is 87.4 Å². The molecular formula is C72H78N12O6. The molecule has 3 aliphatic carbocycles. The molecule has 0 amide bonds. The lowest BCUT2D eigenvalue weighted by molar-refractivity contribution is 0.244. The van der Waals surface area contributed by atoms with Crippen molar-refractivity contribution in [3.05, 3.63) is 177 Å². The second-order valence-electron chi connectivity index (χ2n) is 20.5. The van der Waals surface area contributed by atoms with Crippen LogP contribution in [0.5, 0.6) is 17.2 Å². The summed E-state index contributed by atoms with van der Waals surface area (Å²) in [4.78, 5) is 23.5. The average molecular weight is 1230 g/mol. The molecule has 6 aromatic carbocycles. The number of fused-ring (bicyclic) bond motifs is 3. The summed E-state index contributed by atoms with van der Waals surface area (Å²) in [6, 6.07) is 20.6. The normalized spacial score (nSPS) is 25.3. The first kappa shape index (κ1) is 40.9. The van der Waals surface area contributed by atoms with Crippen LogP contribution in [0.3, 0.4) is 0 Å². The largest absolute Gasteiger partial charge is 0.502 e. The van der Waals surface area contributed by atoms with Crippen LogP contribution in [-0.2, 0) is 19.1 Å². The zero-order valence-corrected chi connectivity index (χ0v) is 50.7. The Morgan fingerprint density at radius 1 is 0.511 bits per heavy atom. The van der Waals surface area contributed by atoms with Gasteiger partial charge in [0.05, 0.1) is 46.2 Å². The summed E-state index contributed by atoms with van der Waals surface area (Å²) in [5.41, 5.74) is 1.91. The van der Waals surface area contributed by atoms with Gasteiger partial charge in [-0.3, -0.25) is 0 Å². The summed E-state index contributed by atoms with van der Waals surface area (Å²) in [5.74, 6) is 0.733. The predicted octanol–water partition coefficient (Wildman–Crippen LogP) is 17.2. The number of ether oxygens (including phenoxy) is 3. The van der Waals surface area contributed by atoms with Crippen LogP contribution in [0.25, 0.3) is 83.1 Å². The third kappa shape index (κ3) is 14.6. The molecule has 18 nitrogen and oxygen atoms in total. The van der Waals surface area contributed by atoms with Crippen molar-refractivity contribution in [2.45, 2.75) is 156 Å². The highest BCUT2D eigenvalue weighted by molar-refractivity contribution is 5.74. The fourth-order valence-electron chi connectivity index (χ4n) is 9.29. The number of nitrogens with one attached hydrogen (secondary N) is 3. The Bertz CT molecular complexity index is 5200. The number of benzene rings is 6. The zero-order chi connectivity index (χ0) is 83.1. The highest BCUT2D eigenvalue weighted by Crippen LogP contribution is 2.42. The van der Waals surface area contributed by atoms with Crippen molar-refractivity contribution in [2.75, 3.05) is 19.6 Å². The Kier molecular flexibility index (Phi) is 13.5. The molecule has 18 heteroatoms. The molecule has 0 saturated carbocycles. The maximum Gasteiger partial charge on any atom is 0.256 e. The van der Waals surface area contributed by atoms with Gasteiger partial charge in [-0.25, -0.2) is 14.5 Å². The Labute approximate surface area is 558 Å². The van der Waals surface area contributed by atoms with Gasteiger partial charge in [-0.05, 0) is 207 Å². The summed E-state index contributed by atoms with van der Waals surface area (Å²) in [6.45, 7) is 34.2. The van der Waals surface area contributed by atoms with Crippen LogP contribution >= 0.6 is 0 Å². The van der Waals surface area contributed by atoms with E-state index in [1.54, 1.807) is 63.2 Å². The topological polar surface area (TPSA) is 194 Å². The Balaban J connectivity index is 0.000000178. The van der Waals surface area contributed by atoms with Gasteiger partial charge in [0.2, 0.25) is 34.5 Å². The van der Waals surface area contributed by atoms with Crippen molar-refractivity contribution in [1.29, 1.82) is 0 Å². The summed E-state index contributed by atoms with van der Waals surface area (Å²) >= 11 is 0. The van der Waals surface area contributed by atoms with Gasteiger partial charge in [-0.15, -0.1) is 0 Å². The van der Waals surface area contributed by atoms with Gasteiger partial charge in [0.15, 0.2) is 0 Å². The maximum atomic E-state index is 8.92. The molecule has 12 rings (SSSR count). The molecule has 3 atom stereocenters. The smallest absolute Gasteiger partial charge is 0.256 e. The molecule has 3 heterocycles. The van der Waals surface area contributed by atoms with Gasteiger partial charge in [-0.2, -0.15) is 15.0 Å². The third-order valence-corrected chi connectivity index (χ3v) is 13.2. The van der Waals surface area contributed by atoms with Crippen molar-refractivity contribution >= 4 is 17.1 Å². The van der Waals surface area contributed by atoms with E-state index in [9.17, 15) is 0 Å². The van der Waals surface area contributed by atoms with Gasteiger partial charge in [0.25, 0.3) is 17.7 Å². The van der Waals surface area contributed by atoms with E-state index in [1.165, 1.54) is 101 Å². The van der Waals surface area contributed by atoms with Crippen molar-refractivity contribution in [1.82, 2.24) is 46.4 Å². The molecule has 3 aromatic heterocycles. The second kappa shape index (κ2) is 29.7. The van der Waals surface area contributed by atoms with Gasteiger partial charge in [0, 0.05) is 73.4 Å². The third-order valence-electron chi connectivity index (χ3n) is 13.2. The molecule has 3 N–H and O–H groups in total. The summed E-state index contributed by atoms with van der Waals surface area (Å²) in [5, 5.41) is 19.8. The highest BCUT2D eigenvalue weighted by Gasteiger charge is 2.30. The maximum absolute atomic E-state index is 8.92. The first-order valence-corrected chi connectivity index (χ1v) is 28.5. The Morgan fingerprint density at radius 2 is 0.856 bits per heavy atom. The van der Waals surface area contributed by atoms with Gasteiger partial charge >= 0.3 is 0 Å². The van der Waals surface area contributed by atoms with E-state index in [2.05, 4.69) is 60.9 Å². The van der Waals surface area contributed by atoms with Crippen LogP contribution in [-0.4, -0.2) is 68.2 Å². The van der Waals surface area contributed by atoms with Crippen LogP contribution in [0.1, 0.15) is 182 Å². The molecule has 0 unspecified atom stereocenters. The Morgan fingerprint density at radius 3 is 1.17 bits per heavy atom. The summed E-state index contributed by atoms with van der Waals surface area (Å²) in [6.07, 6.45) is -21.0. The zero-order valence-electron chi connectivity index (χ0n) is 72.7. The van der Waals surface area contributed by atoms with Crippen LogP contribution in [0, 0.1) is 19.7 Å². The molecular weight excluding hydrogens is 1130 g/mol. The van der Waals surface area contributed by atoms with Crippen molar-refractivity contribution in [3.63, 3.8) is 0 Å². The van der Waals surface area contributed by atoms with E-state index in [0.29, 0.717) is 29.7 Å². The first-order valence-electron chi connectivity index (χ1n) is 39.5. The summed E-state index contributed by atoms with van der Waals surface area (Å²) in [7, 11) is 0. The van der Waals surface area contributed by atoms with Crippen LogP contribution in [0.2, 0.25) is 0 Å². The van der Waals surface area contributed by atoms with Gasteiger partial charge in [0.1, 0.15) is 17.2 Å². The van der Waals surface area contributed by atoms with Crippen LogP contribution in [0.15, 0.2) is 123 Å². The van der Waals surface area contributed by atoms with Crippen molar-refractivity contribution in [3.8, 4) is 85.8 Å². The molecule has 9 aromatic rings. The predicted molar refractivity (Wildman–Crippen MR) is 350 cm³/mol. The highest BCUT2D eigenvalue weighted by atomic mass is 16.5. The molecule has 0 fully saturated rings. The summed E-state index contributed by atoms with van der Waals surface area (Å²) < 4.78 is 218. The van der Waals surface area contributed by atoms with Gasteiger partial charge < -0.3 is 43.7 Å². The van der Waals surface area contributed by atoms with Gasteiger partial charge in [-0.1, -0.05) is 90.8 Å². The average Bonchev–Trinajstić information content (AvgIpc) is 1.54. The minimum atomic E-state index is -2.86. The molecule has 0 saturated heterocycles. The molecule has 90 heavy (non-hydrogen) atoms. The van der Waals surface area contributed by atoms with E-state index in [4.69, 9.17) is 77.7 Å². The van der Waals surface area contributed by atoms with Crippen molar-refractivity contribution in [2.24, 2.45) is 0 Å². The van der Waals surface area contributed by atoms with E-state index in [-0.39, 0.29) is 132 Å². The molecule has 0 bridgehead atoms.